The summed E-state index contributed by atoms with van der Waals surface area (Å²) < 4.78 is 29.1. The van der Waals surface area contributed by atoms with Crippen LogP contribution in [0.1, 0.15) is 31.1 Å². The van der Waals surface area contributed by atoms with Crippen molar-refractivity contribution in [2.75, 3.05) is 5.32 Å². The average molecular weight is 458 g/mol. The Morgan fingerprint density at radius 3 is 2.52 bits per heavy atom. The Labute approximate surface area is 176 Å². The molecule has 3 N–H and O–H groups in total. The summed E-state index contributed by atoms with van der Waals surface area (Å²) in [6.07, 6.45) is 2.16. The molecule has 0 fully saturated rings. The highest BCUT2D eigenvalue weighted by molar-refractivity contribution is 7.89. The fourth-order valence-corrected chi connectivity index (χ4v) is 4.37. The number of carboxylic acids is 1. The van der Waals surface area contributed by atoms with E-state index in [1.165, 1.54) is 12.1 Å². The van der Waals surface area contributed by atoms with Gasteiger partial charge in [0.1, 0.15) is 10.5 Å². The maximum Gasteiger partial charge on any atom is 0.341 e. The third kappa shape index (κ3) is 4.45. The minimum Gasteiger partial charge on any atom is -0.477 e. The first-order valence-electron chi connectivity index (χ1n) is 8.25. The lowest BCUT2D eigenvalue weighted by atomic mass is 10.1. The van der Waals surface area contributed by atoms with Crippen LogP contribution in [0, 0.1) is 0 Å². The molecule has 0 amide bonds. The highest BCUT2D eigenvalue weighted by Gasteiger charge is 2.28. The van der Waals surface area contributed by atoms with Crippen LogP contribution < -0.4 is 10.0 Å². The van der Waals surface area contributed by atoms with Gasteiger partial charge in [0.05, 0.1) is 16.9 Å². The minimum atomic E-state index is -3.96. The molecule has 0 saturated heterocycles. The van der Waals surface area contributed by atoms with E-state index in [0.29, 0.717) is 10.7 Å². The Morgan fingerprint density at radius 2 is 1.90 bits per heavy atom. The Balaban J connectivity index is 2.21. The fourth-order valence-electron chi connectivity index (χ4n) is 2.56. The second kappa shape index (κ2) is 7.45. The van der Waals surface area contributed by atoms with Gasteiger partial charge in [-0.25, -0.2) is 22.9 Å². The van der Waals surface area contributed by atoms with Gasteiger partial charge in [0.2, 0.25) is 10.0 Å². The Kier molecular flexibility index (Phi) is 5.48. The molecule has 0 aliphatic carbocycles. The molecule has 154 valence electrons. The summed E-state index contributed by atoms with van der Waals surface area (Å²) in [5, 5.41) is 17.1. The standard InChI is InChI=1S/C17H17Cl2N5O4S/c1-17(2,3)23-29(27,28)13-8-21-24-14(10(16(25)26)7-20-15(13)24)22-12-6-9(18)4-5-11(12)19/h4-8,22-23H,1-3H3,(H,25,26). The van der Waals surface area contributed by atoms with Gasteiger partial charge in [-0.1, -0.05) is 23.2 Å². The summed E-state index contributed by atoms with van der Waals surface area (Å²) in [4.78, 5) is 15.5. The van der Waals surface area contributed by atoms with E-state index in [1.54, 1.807) is 26.8 Å². The number of carboxylic acid groups (broad SMARTS) is 1. The maximum absolute atomic E-state index is 12.7. The Hall–Kier alpha value is -2.40. The molecule has 0 aliphatic rings. The molecule has 1 aromatic carbocycles. The zero-order valence-electron chi connectivity index (χ0n) is 15.6. The molecule has 29 heavy (non-hydrogen) atoms. The third-order valence-electron chi connectivity index (χ3n) is 3.64. The molecule has 12 heteroatoms. The number of rotatable bonds is 5. The topological polar surface area (TPSA) is 126 Å². The zero-order chi connectivity index (χ0) is 21.6. The average Bonchev–Trinajstić information content (AvgIpc) is 3.01. The molecule has 0 spiro atoms. The first-order valence-corrected chi connectivity index (χ1v) is 10.5. The molecule has 3 rings (SSSR count). The molecule has 2 heterocycles. The molecule has 0 bridgehead atoms. The van der Waals surface area contributed by atoms with Gasteiger partial charge in [0.15, 0.2) is 11.5 Å². The van der Waals surface area contributed by atoms with Crippen LogP contribution in [0.4, 0.5) is 11.5 Å². The predicted molar refractivity (Wildman–Crippen MR) is 110 cm³/mol. The van der Waals surface area contributed by atoms with Crippen LogP contribution >= 0.6 is 23.2 Å². The lowest BCUT2D eigenvalue weighted by molar-refractivity contribution is 0.0697. The molecule has 2 aromatic heterocycles. The van der Waals surface area contributed by atoms with Gasteiger partial charge in [0.25, 0.3) is 0 Å². The second-order valence-corrected chi connectivity index (χ2v) is 9.67. The van der Waals surface area contributed by atoms with E-state index >= 15 is 0 Å². The van der Waals surface area contributed by atoms with Crippen molar-refractivity contribution in [2.45, 2.75) is 31.2 Å². The van der Waals surface area contributed by atoms with Crippen molar-refractivity contribution in [1.29, 1.82) is 0 Å². The Bertz CT molecular complexity index is 1220. The quantitative estimate of drug-likeness (QED) is 0.534. The number of benzene rings is 1. The minimum absolute atomic E-state index is 0.0242. The van der Waals surface area contributed by atoms with Gasteiger partial charge < -0.3 is 10.4 Å². The smallest absolute Gasteiger partial charge is 0.341 e. The van der Waals surface area contributed by atoms with Crippen LogP contribution in [0.2, 0.25) is 10.0 Å². The molecule has 0 aliphatic heterocycles. The summed E-state index contributed by atoms with van der Waals surface area (Å²) in [6, 6.07) is 4.62. The zero-order valence-corrected chi connectivity index (χ0v) is 17.9. The van der Waals surface area contributed by atoms with Crippen molar-refractivity contribution >= 4 is 56.3 Å². The molecule has 0 radical (unpaired) electrons. The van der Waals surface area contributed by atoms with Crippen LogP contribution in [-0.4, -0.2) is 39.6 Å². The lowest BCUT2D eigenvalue weighted by Crippen LogP contribution is -2.40. The van der Waals surface area contributed by atoms with Gasteiger partial charge in [0, 0.05) is 16.8 Å². The van der Waals surface area contributed by atoms with E-state index in [0.717, 1.165) is 16.9 Å². The SMILES string of the molecule is CC(C)(C)NS(=O)(=O)c1cnn2c(Nc3cc(Cl)ccc3Cl)c(C(=O)O)cnc12. The largest absolute Gasteiger partial charge is 0.477 e. The summed E-state index contributed by atoms with van der Waals surface area (Å²) in [5.74, 6) is -1.31. The Morgan fingerprint density at radius 1 is 1.21 bits per heavy atom. The third-order valence-corrected chi connectivity index (χ3v) is 5.95. The number of carbonyl (C=O) groups is 1. The monoisotopic (exact) mass is 457 g/mol. The molecule has 0 atom stereocenters. The second-order valence-electron chi connectivity index (χ2n) is 7.17. The highest BCUT2D eigenvalue weighted by Crippen LogP contribution is 2.31. The number of hydrogen-bond acceptors (Lipinski definition) is 6. The number of nitrogens with one attached hydrogen (secondary N) is 2. The van der Waals surface area contributed by atoms with E-state index in [-0.39, 0.29) is 26.9 Å². The van der Waals surface area contributed by atoms with Crippen molar-refractivity contribution in [1.82, 2.24) is 19.3 Å². The van der Waals surface area contributed by atoms with Crippen LogP contribution in [-0.2, 0) is 10.0 Å². The normalized spacial score (nSPS) is 12.3. The van der Waals surface area contributed by atoms with Gasteiger partial charge in [-0.05, 0) is 39.0 Å². The maximum atomic E-state index is 12.7. The summed E-state index contributed by atoms with van der Waals surface area (Å²) in [5.41, 5.74) is -0.692. The lowest BCUT2D eigenvalue weighted by Gasteiger charge is -2.19. The van der Waals surface area contributed by atoms with Crippen LogP contribution in [0.15, 0.2) is 35.5 Å². The van der Waals surface area contributed by atoms with Crippen molar-refractivity contribution in [3.63, 3.8) is 0 Å². The van der Waals surface area contributed by atoms with Gasteiger partial charge >= 0.3 is 5.97 Å². The molecule has 9 nitrogen and oxygen atoms in total. The number of sulfonamides is 1. The van der Waals surface area contributed by atoms with Crippen LogP contribution in [0.5, 0.6) is 0 Å². The van der Waals surface area contributed by atoms with Gasteiger partial charge in [-0.2, -0.15) is 9.61 Å². The summed E-state index contributed by atoms with van der Waals surface area (Å²) >= 11 is 12.2. The molecular weight excluding hydrogens is 441 g/mol. The highest BCUT2D eigenvalue weighted by atomic mass is 35.5. The molecular formula is C17H17Cl2N5O4S. The van der Waals surface area contributed by atoms with Crippen molar-refractivity contribution < 1.29 is 18.3 Å². The summed E-state index contributed by atoms with van der Waals surface area (Å²) in [6.45, 7) is 5.08. The number of nitrogens with zero attached hydrogens (tertiary/aromatic N) is 3. The number of hydrogen-bond donors (Lipinski definition) is 3. The first kappa shape index (κ1) is 21.3. The number of anilines is 2. The summed E-state index contributed by atoms with van der Waals surface area (Å²) in [7, 11) is -3.96. The number of aromatic carboxylic acids is 1. The van der Waals surface area contributed by atoms with E-state index in [2.05, 4.69) is 20.1 Å². The van der Waals surface area contributed by atoms with Crippen LogP contribution in [0.3, 0.4) is 0 Å². The van der Waals surface area contributed by atoms with Gasteiger partial charge in [-0.3, -0.25) is 0 Å². The van der Waals surface area contributed by atoms with Gasteiger partial charge in [-0.15, -0.1) is 0 Å². The van der Waals surface area contributed by atoms with Crippen LogP contribution in [0.25, 0.3) is 5.65 Å². The van der Waals surface area contributed by atoms with Crippen molar-refractivity contribution in [3.8, 4) is 0 Å². The molecule has 0 saturated carbocycles. The van der Waals surface area contributed by atoms with Crippen molar-refractivity contribution in [2.24, 2.45) is 0 Å². The van der Waals surface area contributed by atoms with E-state index < -0.39 is 21.5 Å². The fraction of sp³-hybridized carbons (Fsp3) is 0.235. The van der Waals surface area contributed by atoms with E-state index in [1.807, 2.05) is 0 Å². The molecule has 3 aromatic rings. The number of halogens is 2. The van der Waals surface area contributed by atoms with E-state index in [4.69, 9.17) is 23.2 Å². The predicted octanol–water partition coefficient (Wildman–Crippen LogP) is 3.55. The number of fused-ring (bicyclic) bond motifs is 1. The van der Waals surface area contributed by atoms with Crippen molar-refractivity contribution in [3.05, 3.63) is 46.2 Å². The first-order chi connectivity index (χ1) is 13.4. The molecule has 0 unspecified atom stereocenters. The number of aromatic nitrogens is 3. The van der Waals surface area contributed by atoms with E-state index in [9.17, 15) is 18.3 Å².